The van der Waals surface area contributed by atoms with E-state index in [1.54, 1.807) is 60.8 Å². The van der Waals surface area contributed by atoms with E-state index in [1.165, 1.54) is 22.9 Å². The van der Waals surface area contributed by atoms with Gasteiger partial charge in [-0.2, -0.15) is 0 Å². The second-order valence-corrected chi connectivity index (χ2v) is 15.3. The predicted molar refractivity (Wildman–Crippen MR) is 188 cm³/mol. The predicted octanol–water partition coefficient (Wildman–Crippen LogP) is 6.55. The Morgan fingerprint density at radius 1 is 0.920 bits per heavy atom. The van der Waals surface area contributed by atoms with Crippen LogP contribution in [0.4, 0.5) is 5.69 Å². The summed E-state index contributed by atoms with van der Waals surface area (Å²) in [5.41, 5.74) is 2.68. The van der Waals surface area contributed by atoms with Crippen molar-refractivity contribution in [1.29, 1.82) is 0 Å². The van der Waals surface area contributed by atoms with Crippen LogP contribution in [0.2, 0.25) is 5.02 Å². The second kappa shape index (κ2) is 13.7. The first-order valence-electron chi connectivity index (χ1n) is 15.5. The van der Waals surface area contributed by atoms with Gasteiger partial charge in [-0.3, -0.25) is 10.1 Å². The molecule has 0 radical (unpaired) electrons. The molecule has 7 rings (SSSR count). The quantitative estimate of drug-likeness (QED) is 0.0632. The minimum absolute atomic E-state index is 0.0847. The zero-order valence-corrected chi connectivity index (χ0v) is 29.0. The molecule has 0 bridgehead atoms. The van der Waals surface area contributed by atoms with E-state index in [0.717, 1.165) is 4.46 Å². The van der Waals surface area contributed by atoms with Gasteiger partial charge in [-0.05, 0) is 0 Å². The van der Waals surface area contributed by atoms with Crippen LogP contribution in [0.25, 0.3) is 5.69 Å². The van der Waals surface area contributed by atoms with E-state index in [-0.39, 0.29) is 55.0 Å². The minimum atomic E-state index is -0.690. The molecule has 12 heteroatoms. The van der Waals surface area contributed by atoms with E-state index >= 15 is 0 Å². The third-order valence-corrected chi connectivity index (χ3v) is 10.8. The molecule has 5 aromatic carbocycles. The molecule has 0 spiro atoms. The summed E-state index contributed by atoms with van der Waals surface area (Å²) in [6, 6.07) is 33.4. The Kier molecular flexibility index (Phi) is 9.03. The second-order valence-electron chi connectivity index (χ2n) is 11.7. The molecule has 1 aliphatic heterocycles. The number of hydrogen-bond donors (Lipinski definition) is 0. The molecule has 0 amide bonds. The molecule has 0 saturated carbocycles. The Labute approximate surface area is 297 Å². The van der Waals surface area contributed by atoms with Crippen LogP contribution in [0.5, 0.6) is 11.5 Å². The fourth-order valence-electron chi connectivity index (χ4n) is 5.76. The van der Waals surface area contributed by atoms with Crippen LogP contribution in [0, 0.1) is 10.1 Å². The number of non-ortho nitro benzene ring substituents is 1. The molecule has 0 aliphatic carbocycles. The van der Waals surface area contributed by atoms with Crippen molar-refractivity contribution in [3.8, 4) is 17.2 Å². The molecule has 0 N–H and O–H groups in total. The number of ketones is 2. The molecular weight excluding hydrogens is 723 g/mol. The topological polar surface area (TPSA) is 126 Å². The number of benzene rings is 5. The van der Waals surface area contributed by atoms with Gasteiger partial charge in [0.25, 0.3) is 5.69 Å². The van der Waals surface area contributed by atoms with Crippen LogP contribution in [-0.4, -0.2) is 50.9 Å². The molecule has 1 atom stereocenters. The van der Waals surface area contributed by atoms with Crippen molar-refractivity contribution in [2.75, 3.05) is 0 Å². The molecule has 0 fully saturated rings. The van der Waals surface area contributed by atoms with Crippen molar-refractivity contribution in [3.63, 3.8) is 0 Å². The maximum atomic E-state index is 14.2. The fraction of sp³-hybridized carbons (Fsp3) is 0.105. The summed E-state index contributed by atoms with van der Waals surface area (Å²) < 4.78 is 15.0. The summed E-state index contributed by atoms with van der Waals surface area (Å²) in [5, 5.41) is 19.7. The van der Waals surface area contributed by atoms with E-state index < -0.39 is 9.42 Å². The third kappa shape index (κ3) is 6.66. The van der Waals surface area contributed by atoms with Gasteiger partial charge in [0, 0.05) is 0 Å². The Hall–Kier alpha value is -5.61. The summed E-state index contributed by atoms with van der Waals surface area (Å²) in [6.45, 7) is 1.93. The van der Waals surface area contributed by atoms with Gasteiger partial charge in [-0.1, -0.05) is 0 Å². The van der Waals surface area contributed by atoms with Crippen molar-refractivity contribution in [1.82, 2.24) is 15.0 Å². The number of hydrogen-bond acceptors (Lipinski definition) is 8. The van der Waals surface area contributed by atoms with E-state index in [9.17, 15) is 19.7 Å². The van der Waals surface area contributed by atoms with Crippen LogP contribution in [0.1, 0.15) is 50.0 Å². The summed E-state index contributed by atoms with van der Waals surface area (Å²) in [6.07, 6.45) is 1.99. The van der Waals surface area contributed by atoms with Crippen LogP contribution in [0.15, 0.2) is 121 Å². The molecule has 1 unspecified atom stereocenters. The van der Waals surface area contributed by atoms with Crippen molar-refractivity contribution in [3.05, 3.63) is 170 Å². The van der Waals surface area contributed by atoms with Gasteiger partial charge >= 0.3 is 278 Å². The molecule has 10 nitrogen and oxygen atoms in total. The molecule has 2 heterocycles. The Balaban J connectivity index is 1.31. The maximum absolute atomic E-state index is 14.2. The number of rotatable bonds is 11. The van der Waals surface area contributed by atoms with Crippen LogP contribution < -0.4 is 13.9 Å². The summed E-state index contributed by atoms with van der Waals surface area (Å²) in [5.74, 6) is 0.109. The number of nitro groups is 1. The summed E-state index contributed by atoms with van der Waals surface area (Å²) >= 11 is 6.16. The first kappa shape index (κ1) is 32.9. The number of aromatic nitrogens is 3. The number of fused-ring (bicyclic) bond motifs is 1. The number of nitro benzene ring substituents is 1. The molecule has 248 valence electrons. The molecular formula is C38H27ClN4O6Se. The number of ether oxygens (including phenoxy) is 2. The van der Waals surface area contributed by atoms with Crippen molar-refractivity contribution >= 4 is 48.3 Å². The Morgan fingerprint density at radius 2 is 1.54 bits per heavy atom. The average molecular weight is 750 g/mol. The zero-order chi connectivity index (χ0) is 34.8. The first-order chi connectivity index (χ1) is 24.2. The monoisotopic (exact) mass is 750 g/mol. The number of carbonyl (C=O) groups excluding carboxylic acids is 2. The molecule has 0 saturated heterocycles. The number of nitrogens with zero attached hydrogens (tertiary/aromatic N) is 4. The van der Waals surface area contributed by atoms with Gasteiger partial charge in [0.2, 0.25) is 0 Å². The number of carbonyl (C=O) groups is 2. The zero-order valence-electron chi connectivity index (χ0n) is 26.5. The van der Waals surface area contributed by atoms with Gasteiger partial charge in [-0.15, -0.1) is 0 Å². The van der Waals surface area contributed by atoms with E-state index in [1.807, 2.05) is 37.3 Å². The Bertz CT molecular complexity index is 2250. The normalized spacial score (nSPS) is 14.8. The first-order valence-corrected chi connectivity index (χ1v) is 17.6. The summed E-state index contributed by atoms with van der Waals surface area (Å²) in [7, 11) is 0. The fourth-order valence-corrected chi connectivity index (χ4v) is 8.40. The van der Waals surface area contributed by atoms with Gasteiger partial charge < -0.3 is 0 Å². The standard InChI is InChI=1S/C38H27ClN4O6Se/c1-38(50-28-15-9-4-10-16-28)21-31-36(48-23-26-22-42(41-40-26)33-18-17-27(43(46)47)19-32(33)39)29(34(44)24-11-5-2-6-12-24)20-30(37(31)49-38)35(45)25-13-7-3-8-14-25/h2-20,22H,21,23H2,1H3. The van der Waals surface area contributed by atoms with Crippen molar-refractivity contribution in [2.24, 2.45) is 0 Å². The van der Waals surface area contributed by atoms with E-state index in [4.69, 9.17) is 21.1 Å². The SMILES string of the molecule is CC1([Se]c2ccccc2)Cc2c(OCc3cn(-c4ccc([N+](=O)[O-])cc4Cl)nn3)c(C(=O)c3ccccc3)cc(C(=O)c3ccccc3)c2O1. The molecule has 6 aromatic rings. The van der Waals surface area contributed by atoms with E-state index in [0.29, 0.717) is 46.0 Å². The molecule has 1 aromatic heterocycles. The van der Waals surface area contributed by atoms with Crippen molar-refractivity contribution in [2.45, 2.75) is 24.5 Å². The van der Waals surface area contributed by atoms with Crippen molar-refractivity contribution < 1.29 is 24.0 Å². The van der Waals surface area contributed by atoms with Gasteiger partial charge in [0.15, 0.2) is 0 Å². The van der Waals surface area contributed by atoms with Crippen LogP contribution >= 0.6 is 11.6 Å². The average Bonchev–Trinajstić information content (AvgIpc) is 3.75. The Morgan fingerprint density at radius 3 is 2.16 bits per heavy atom. The third-order valence-electron chi connectivity index (χ3n) is 8.07. The van der Waals surface area contributed by atoms with Gasteiger partial charge in [0.05, 0.1) is 4.92 Å². The van der Waals surface area contributed by atoms with Gasteiger partial charge in [-0.25, -0.2) is 0 Å². The summed E-state index contributed by atoms with van der Waals surface area (Å²) in [4.78, 5) is 39.0. The molecule has 1 aliphatic rings. The van der Waals surface area contributed by atoms with Crippen LogP contribution in [-0.2, 0) is 13.0 Å². The van der Waals surface area contributed by atoms with Gasteiger partial charge in [0.1, 0.15) is 0 Å². The van der Waals surface area contributed by atoms with E-state index in [2.05, 4.69) is 22.4 Å². The van der Waals surface area contributed by atoms with Crippen LogP contribution in [0.3, 0.4) is 0 Å². The molecule has 50 heavy (non-hydrogen) atoms. The number of halogens is 1.